The molecular weight excluding hydrogens is 331 g/mol. The minimum Gasteiger partial charge on any atom is -0.478 e. The van der Waals surface area contributed by atoms with Crippen molar-refractivity contribution in [2.45, 2.75) is 20.0 Å². The summed E-state index contributed by atoms with van der Waals surface area (Å²) in [5, 5.41) is 10.0. The Morgan fingerprint density at radius 1 is 1.04 bits per heavy atom. The van der Waals surface area contributed by atoms with E-state index in [1.807, 2.05) is 19.9 Å². The van der Waals surface area contributed by atoms with Gasteiger partial charge in [0.15, 0.2) is 0 Å². The second-order valence-corrected chi connectivity index (χ2v) is 5.91. The Labute approximate surface area is 141 Å². The van der Waals surface area contributed by atoms with Crippen molar-refractivity contribution in [3.05, 3.63) is 64.7 Å². The smallest absolute Gasteiger partial charge is 0.416 e. The lowest BCUT2D eigenvalue weighted by Gasteiger charge is -2.11. The van der Waals surface area contributed by atoms with Crippen molar-refractivity contribution in [1.29, 1.82) is 0 Å². The number of halogens is 3. The van der Waals surface area contributed by atoms with Gasteiger partial charge < -0.3 is 5.11 Å². The predicted octanol–water partition coefficient (Wildman–Crippen LogP) is 5.24. The third-order valence-electron chi connectivity index (χ3n) is 3.99. The second-order valence-electron chi connectivity index (χ2n) is 5.91. The molecule has 1 N–H and O–H groups in total. The lowest BCUT2D eigenvalue weighted by Crippen LogP contribution is -2.04. The number of aryl methyl sites for hydroxylation is 2. The highest BCUT2D eigenvalue weighted by Crippen LogP contribution is 2.32. The molecule has 0 saturated heterocycles. The molecule has 128 valence electrons. The quantitative estimate of drug-likeness (QED) is 0.691. The van der Waals surface area contributed by atoms with Crippen molar-refractivity contribution in [3.63, 3.8) is 0 Å². The van der Waals surface area contributed by atoms with Crippen LogP contribution in [0.3, 0.4) is 0 Å². The molecule has 3 rings (SSSR count). The zero-order valence-electron chi connectivity index (χ0n) is 13.5. The minimum atomic E-state index is -4.42. The molecule has 0 amide bonds. The van der Waals surface area contributed by atoms with Crippen LogP contribution in [0.1, 0.15) is 27.0 Å². The summed E-state index contributed by atoms with van der Waals surface area (Å²) in [5.41, 5.74) is 2.32. The average molecular weight is 345 g/mol. The minimum absolute atomic E-state index is 0.0756. The van der Waals surface area contributed by atoms with Crippen LogP contribution in [0.5, 0.6) is 0 Å². The first-order chi connectivity index (χ1) is 11.7. The number of alkyl halides is 3. The number of hydrogen-bond acceptors (Lipinski definition) is 2. The van der Waals surface area contributed by atoms with E-state index >= 15 is 0 Å². The molecule has 6 heteroatoms. The van der Waals surface area contributed by atoms with E-state index in [4.69, 9.17) is 0 Å². The number of aromatic nitrogens is 1. The van der Waals surface area contributed by atoms with Crippen LogP contribution >= 0.6 is 0 Å². The van der Waals surface area contributed by atoms with E-state index in [0.717, 1.165) is 23.3 Å². The summed E-state index contributed by atoms with van der Waals surface area (Å²) in [5.74, 6) is -1.11. The van der Waals surface area contributed by atoms with E-state index in [0.29, 0.717) is 22.2 Å². The van der Waals surface area contributed by atoms with Crippen LogP contribution in [0.2, 0.25) is 0 Å². The van der Waals surface area contributed by atoms with Gasteiger partial charge in [0.25, 0.3) is 0 Å². The van der Waals surface area contributed by atoms with Crippen LogP contribution in [-0.2, 0) is 6.18 Å². The van der Waals surface area contributed by atoms with E-state index in [1.54, 1.807) is 6.07 Å². The summed E-state index contributed by atoms with van der Waals surface area (Å²) in [6, 6.07) is 9.55. The summed E-state index contributed by atoms with van der Waals surface area (Å²) in [6.45, 7) is 3.69. The van der Waals surface area contributed by atoms with Gasteiger partial charge in [0.1, 0.15) is 0 Å². The molecule has 1 heterocycles. The van der Waals surface area contributed by atoms with Crippen LogP contribution in [0.25, 0.3) is 22.2 Å². The highest BCUT2D eigenvalue weighted by Gasteiger charge is 2.30. The molecule has 0 atom stereocenters. The van der Waals surface area contributed by atoms with E-state index in [9.17, 15) is 23.1 Å². The van der Waals surface area contributed by atoms with Crippen molar-refractivity contribution >= 4 is 16.9 Å². The highest BCUT2D eigenvalue weighted by molar-refractivity contribution is 6.04. The molecule has 3 nitrogen and oxygen atoms in total. The van der Waals surface area contributed by atoms with Gasteiger partial charge in [-0.3, -0.25) is 0 Å². The van der Waals surface area contributed by atoms with Crippen LogP contribution in [0, 0.1) is 13.8 Å². The van der Waals surface area contributed by atoms with Gasteiger partial charge >= 0.3 is 12.1 Å². The molecule has 25 heavy (non-hydrogen) atoms. The maximum atomic E-state index is 12.7. The number of carboxylic acid groups (broad SMARTS) is 1. The molecule has 0 saturated carbocycles. The summed E-state index contributed by atoms with van der Waals surface area (Å²) in [4.78, 5) is 16.1. The van der Waals surface area contributed by atoms with Gasteiger partial charge in [-0.15, -0.1) is 0 Å². The fourth-order valence-corrected chi connectivity index (χ4v) is 2.84. The van der Waals surface area contributed by atoms with E-state index in [-0.39, 0.29) is 5.56 Å². The lowest BCUT2D eigenvalue weighted by molar-refractivity contribution is -0.137. The molecule has 0 aliphatic carbocycles. The number of aromatic carboxylic acids is 1. The highest BCUT2D eigenvalue weighted by atomic mass is 19.4. The number of carbonyl (C=O) groups is 1. The third kappa shape index (κ3) is 3.20. The van der Waals surface area contributed by atoms with Crippen molar-refractivity contribution in [3.8, 4) is 11.3 Å². The molecule has 1 aromatic heterocycles. The molecule has 2 aromatic carbocycles. The Bertz CT molecular complexity index is 977. The van der Waals surface area contributed by atoms with Crippen LogP contribution in [0.4, 0.5) is 13.2 Å². The molecule has 0 aliphatic rings. The number of pyridine rings is 1. The molecule has 0 spiro atoms. The van der Waals surface area contributed by atoms with Crippen molar-refractivity contribution in [1.82, 2.24) is 4.98 Å². The maximum absolute atomic E-state index is 12.7. The zero-order valence-corrected chi connectivity index (χ0v) is 13.5. The largest absolute Gasteiger partial charge is 0.478 e. The number of benzene rings is 2. The van der Waals surface area contributed by atoms with Crippen molar-refractivity contribution in [2.24, 2.45) is 0 Å². The first-order valence-corrected chi connectivity index (χ1v) is 7.50. The second kappa shape index (κ2) is 5.88. The Balaban J connectivity index is 2.22. The van der Waals surface area contributed by atoms with Gasteiger partial charge in [0.05, 0.1) is 22.3 Å². The standard InChI is InChI=1S/C19H14F3NO2/c1-10-7-11(2)17-14(8-10)15(18(24)25)9-16(23-17)12-3-5-13(6-4-12)19(20,21)22/h3-9H,1-2H3,(H,24,25). The first kappa shape index (κ1) is 17.0. The molecule has 0 unspecified atom stereocenters. The Kier molecular flexibility index (Phi) is 3.99. The molecule has 0 aliphatic heterocycles. The van der Waals surface area contributed by atoms with Crippen LogP contribution in [0.15, 0.2) is 42.5 Å². The normalized spacial score (nSPS) is 11.7. The Morgan fingerprint density at radius 2 is 1.68 bits per heavy atom. The van der Waals surface area contributed by atoms with Crippen LogP contribution < -0.4 is 0 Å². The molecule has 3 aromatic rings. The fraction of sp³-hybridized carbons (Fsp3) is 0.158. The summed E-state index contributed by atoms with van der Waals surface area (Å²) < 4.78 is 38.1. The molecule has 0 bridgehead atoms. The molecule has 0 fully saturated rings. The van der Waals surface area contributed by atoms with Gasteiger partial charge in [0.2, 0.25) is 0 Å². The molecule has 0 radical (unpaired) electrons. The predicted molar refractivity (Wildman–Crippen MR) is 88.6 cm³/mol. The SMILES string of the molecule is Cc1cc(C)c2nc(-c3ccc(C(F)(F)F)cc3)cc(C(=O)O)c2c1. The number of nitrogens with zero attached hydrogens (tertiary/aromatic N) is 1. The van der Waals surface area contributed by atoms with Crippen molar-refractivity contribution < 1.29 is 23.1 Å². The number of fused-ring (bicyclic) bond motifs is 1. The topological polar surface area (TPSA) is 50.2 Å². The summed E-state index contributed by atoms with van der Waals surface area (Å²) in [6.07, 6.45) is -4.42. The first-order valence-electron chi connectivity index (χ1n) is 7.50. The van der Waals surface area contributed by atoms with E-state index in [1.165, 1.54) is 18.2 Å². The van der Waals surface area contributed by atoms with Crippen molar-refractivity contribution in [2.75, 3.05) is 0 Å². The lowest BCUT2D eigenvalue weighted by atomic mass is 9.99. The maximum Gasteiger partial charge on any atom is 0.416 e. The van der Waals surface area contributed by atoms with Gasteiger partial charge in [0, 0.05) is 10.9 Å². The number of hydrogen-bond donors (Lipinski definition) is 1. The summed E-state index contributed by atoms with van der Waals surface area (Å²) in [7, 11) is 0. The Morgan fingerprint density at radius 3 is 2.24 bits per heavy atom. The number of rotatable bonds is 2. The summed E-state index contributed by atoms with van der Waals surface area (Å²) >= 11 is 0. The van der Waals surface area contributed by atoms with E-state index in [2.05, 4.69) is 4.98 Å². The Hall–Kier alpha value is -2.89. The molecular formula is C19H14F3NO2. The van der Waals surface area contributed by atoms with Gasteiger partial charge in [-0.05, 0) is 43.7 Å². The number of carboxylic acids is 1. The average Bonchev–Trinajstić information content (AvgIpc) is 2.53. The third-order valence-corrected chi connectivity index (χ3v) is 3.99. The fourth-order valence-electron chi connectivity index (χ4n) is 2.84. The monoisotopic (exact) mass is 345 g/mol. The van der Waals surface area contributed by atoms with Crippen LogP contribution in [-0.4, -0.2) is 16.1 Å². The van der Waals surface area contributed by atoms with E-state index < -0.39 is 17.7 Å². The van der Waals surface area contributed by atoms with Gasteiger partial charge in [-0.25, -0.2) is 9.78 Å². The van der Waals surface area contributed by atoms with Gasteiger partial charge in [-0.1, -0.05) is 23.8 Å². The zero-order chi connectivity index (χ0) is 18.4. The van der Waals surface area contributed by atoms with Gasteiger partial charge in [-0.2, -0.15) is 13.2 Å².